The fourth-order valence-electron chi connectivity index (χ4n) is 2.71. The number of rotatable bonds is 8. The molecule has 0 radical (unpaired) electrons. The van der Waals surface area contributed by atoms with E-state index in [0.29, 0.717) is 19.2 Å². The molecule has 0 aromatic heterocycles. The van der Waals surface area contributed by atoms with Crippen LogP contribution in [0.15, 0.2) is 33.7 Å². The molecule has 0 saturated carbocycles. The van der Waals surface area contributed by atoms with Crippen molar-refractivity contribution in [2.45, 2.75) is 12.5 Å². The Morgan fingerprint density at radius 1 is 1.35 bits per heavy atom. The Hall–Kier alpha value is -1.32. The first kappa shape index (κ1) is 21.0. The van der Waals surface area contributed by atoms with E-state index in [1.54, 1.807) is 7.05 Å². The molecule has 0 amide bonds. The molecular weight excluding hydrogens is 420 g/mol. The van der Waals surface area contributed by atoms with Gasteiger partial charge in [0.25, 0.3) is 0 Å². The van der Waals surface area contributed by atoms with Gasteiger partial charge in [0.2, 0.25) is 0 Å². The topological polar surface area (TPSA) is 83.0 Å². The second-order valence-electron chi connectivity index (χ2n) is 6.29. The molecule has 1 aliphatic rings. The van der Waals surface area contributed by atoms with E-state index in [1.807, 2.05) is 0 Å². The molecule has 0 aliphatic carbocycles. The fourth-order valence-corrected chi connectivity index (χ4v) is 3.39. The summed E-state index contributed by atoms with van der Waals surface area (Å²) >= 11 is 3.46. The number of nitrogens with one attached hydrogen (secondary N) is 2. The molecule has 9 heteroatoms. The largest absolute Gasteiger partial charge is 0.379 e. The highest BCUT2D eigenvalue weighted by molar-refractivity contribution is 9.10. The summed E-state index contributed by atoms with van der Waals surface area (Å²) in [5, 5.41) is 6.62. The van der Waals surface area contributed by atoms with Gasteiger partial charge in [-0.1, -0.05) is 15.9 Å². The molecule has 0 spiro atoms. The van der Waals surface area contributed by atoms with Crippen molar-refractivity contribution < 1.29 is 13.2 Å². The minimum Gasteiger partial charge on any atom is -0.379 e. The molecule has 1 fully saturated rings. The zero-order valence-corrected chi connectivity index (χ0v) is 17.6. The summed E-state index contributed by atoms with van der Waals surface area (Å²) in [7, 11) is -1.23. The van der Waals surface area contributed by atoms with Crippen LogP contribution in [0.25, 0.3) is 0 Å². The Kier molecular flexibility index (Phi) is 8.17. The zero-order valence-electron chi connectivity index (χ0n) is 15.2. The highest BCUT2D eigenvalue weighted by Gasteiger charge is 2.23. The predicted molar refractivity (Wildman–Crippen MR) is 110 cm³/mol. The molecule has 0 bridgehead atoms. The number of hydrogen-bond acceptors (Lipinski definition) is 5. The maximum absolute atomic E-state index is 11.0. The Morgan fingerprint density at radius 2 is 2.08 bits per heavy atom. The van der Waals surface area contributed by atoms with E-state index in [1.165, 1.54) is 11.9 Å². The van der Waals surface area contributed by atoms with Gasteiger partial charge in [0, 0.05) is 49.1 Å². The zero-order chi connectivity index (χ0) is 19.0. The summed E-state index contributed by atoms with van der Waals surface area (Å²) in [6.45, 7) is 3.16. The SMILES string of the molecule is CN=C(NCCOCCS(C)(=O)=O)NC1CCN(c2ccc(Br)cc2)C1. The number of ether oxygens (including phenoxy) is 1. The van der Waals surface area contributed by atoms with Crippen molar-refractivity contribution in [3.05, 3.63) is 28.7 Å². The minimum absolute atomic E-state index is 0.0495. The normalized spacial score (nSPS) is 18.2. The van der Waals surface area contributed by atoms with Gasteiger partial charge in [-0.3, -0.25) is 4.99 Å². The first-order valence-corrected chi connectivity index (χ1v) is 11.5. The maximum atomic E-state index is 11.0. The van der Waals surface area contributed by atoms with Crippen LogP contribution in [0.4, 0.5) is 5.69 Å². The molecule has 1 unspecified atom stereocenters. The quantitative estimate of drug-likeness (QED) is 0.355. The summed E-state index contributed by atoms with van der Waals surface area (Å²) in [5.74, 6) is 0.785. The predicted octanol–water partition coefficient (Wildman–Crippen LogP) is 1.25. The summed E-state index contributed by atoms with van der Waals surface area (Å²) < 4.78 is 28.5. The second-order valence-corrected chi connectivity index (χ2v) is 9.47. The first-order valence-electron chi connectivity index (χ1n) is 8.60. The number of sulfone groups is 1. The van der Waals surface area contributed by atoms with Gasteiger partial charge in [-0.2, -0.15) is 0 Å². The van der Waals surface area contributed by atoms with Crippen LogP contribution in [0.5, 0.6) is 0 Å². The lowest BCUT2D eigenvalue weighted by Gasteiger charge is -2.20. The van der Waals surface area contributed by atoms with Crippen molar-refractivity contribution in [1.29, 1.82) is 0 Å². The van der Waals surface area contributed by atoms with Crippen LogP contribution in [0.1, 0.15) is 6.42 Å². The van der Waals surface area contributed by atoms with Gasteiger partial charge < -0.3 is 20.3 Å². The molecule has 1 aromatic rings. The number of guanidine groups is 1. The molecule has 26 heavy (non-hydrogen) atoms. The lowest BCUT2D eigenvalue weighted by molar-refractivity contribution is 0.154. The number of benzene rings is 1. The highest BCUT2D eigenvalue weighted by Crippen LogP contribution is 2.22. The van der Waals surface area contributed by atoms with E-state index in [2.05, 4.69) is 60.7 Å². The Balaban J connectivity index is 1.67. The molecule has 2 N–H and O–H groups in total. The van der Waals surface area contributed by atoms with E-state index in [0.717, 1.165) is 29.9 Å². The van der Waals surface area contributed by atoms with Crippen LogP contribution in [-0.4, -0.2) is 72.3 Å². The smallest absolute Gasteiger partial charge is 0.191 e. The minimum atomic E-state index is -2.97. The maximum Gasteiger partial charge on any atom is 0.191 e. The van der Waals surface area contributed by atoms with Gasteiger partial charge in [0.15, 0.2) is 5.96 Å². The molecular formula is C17H27BrN4O3S. The van der Waals surface area contributed by atoms with Crippen LogP contribution >= 0.6 is 15.9 Å². The van der Waals surface area contributed by atoms with E-state index in [4.69, 9.17) is 4.74 Å². The molecule has 146 valence electrons. The third-order valence-electron chi connectivity index (χ3n) is 4.08. The molecule has 1 aromatic carbocycles. The molecule has 1 atom stereocenters. The Labute approximate surface area is 164 Å². The summed E-state index contributed by atoms with van der Waals surface area (Å²) in [6, 6.07) is 8.68. The Morgan fingerprint density at radius 3 is 2.73 bits per heavy atom. The third-order valence-corrected chi connectivity index (χ3v) is 5.52. The number of halogens is 1. The van der Waals surface area contributed by atoms with Gasteiger partial charge in [-0.25, -0.2) is 8.42 Å². The van der Waals surface area contributed by atoms with Crippen LogP contribution in [0.3, 0.4) is 0 Å². The van der Waals surface area contributed by atoms with Crippen molar-refractivity contribution in [3.8, 4) is 0 Å². The molecule has 1 heterocycles. The van der Waals surface area contributed by atoms with Gasteiger partial charge in [0.05, 0.1) is 19.0 Å². The van der Waals surface area contributed by atoms with Crippen LogP contribution < -0.4 is 15.5 Å². The second kappa shape index (κ2) is 10.1. The van der Waals surface area contributed by atoms with Crippen molar-refractivity contribution in [1.82, 2.24) is 10.6 Å². The number of aliphatic imine (C=N–C) groups is 1. The molecule has 1 saturated heterocycles. The van der Waals surface area contributed by atoms with Crippen molar-refractivity contribution in [2.24, 2.45) is 4.99 Å². The van der Waals surface area contributed by atoms with Crippen molar-refractivity contribution in [3.63, 3.8) is 0 Å². The van der Waals surface area contributed by atoms with Crippen LogP contribution in [0.2, 0.25) is 0 Å². The summed E-state index contributed by atoms with van der Waals surface area (Å²) in [6.07, 6.45) is 2.25. The lowest BCUT2D eigenvalue weighted by atomic mass is 10.3. The average molecular weight is 447 g/mol. The van der Waals surface area contributed by atoms with Gasteiger partial charge >= 0.3 is 0 Å². The molecule has 1 aliphatic heterocycles. The number of nitrogens with zero attached hydrogens (tertiary/aromatic N) is 2. The van der Waals surface area contributed by atoms with Crippen LogP contribution in [0, 0.1) is 0 Å². The summed E-state index contributed by atoms with van der Waals surface area (Å²) in [4.78, 5) is 6.59. The monoisotopic (exact) mass is 446 g/mol. The molecule has 2 rings (SSSR count). The molecule has 7 nitrogen and oxygen atoms in total. The van der Waals surface area contributed by atoms with Crippen molar-refractivity contribution >= 4 is 37.4 Å². The van der Waals surface area contributed by atoms with E-state index >= 15 is 0 Å². The van der Waals surface area contributed by atoms with E-state index in [9.17, 15) is 8.42 Å². The standard InChI is InChI=1S/C17H27BrN4O3S/c1-19-17(20-8-10-25-11-12-26(2,23)24)21-15-7-9-22(13-15)16-5-3-14(18)4-6-16/h3-6,15H,7-13H2,1-2H3,(H2,19,20,21). The van der Waals surface area contributed by atoms with Gasteiger partial charge in [-0.05, 0) is 30.7 Å². The van der Waals surface area contributed by atoms with Gasteiger partial charge in [0.1, 0.15) is 9.84 Å². The van der Waals surface area contributed by atoms with Crippen LogP contribution in [-0.2, 0) is 14.6 Å². The highest BCUT2D eigenvalue weighted by atomic mass is 79.9. The first-order chi connectivity index (χ1) is 12.4. The van der Waals surface area contributed by atoms with E-state index in [-0.39, 0.29) is 12.4 Å². The van der Waals surface area contributed by atoms with Crippen molar-refractivity contribution in [2.75, 3.05) is 56.8 Å². The van der Waals surface area contributed by atoms with Gasteiger partial charge in [-0.15, -0.1) is 0 Å². The fraction of sp³-hybridized carbons (Fsp3) is 0.588. The van der Waals surface area contributed by atoms with E-state index < -0.39 is 9.84 Å². The third kappa shape index (κ3) is 7.51. The number of hydrogen-bond donors (Lipinski definition) is 2. The number of anilines is 1. The Bertz CT molecular complexity index is 694. The average Bonchev–Trinajstić information content (AvgIpc) is 3.05. The lowest BCUT2D eigenvalue weighted by Crippen LogP contribution is -2.45. The summed E-state index contributed by atoms with van der Waals surface area (Å²) in [5.41, 5.74) is 1.22.